The van der Waals surface area contributed by atoms with Crippen molar-refractivity contribution < 1.29 is 8.99 Å². The average Bonchev–Trinajstić information content (AvgIpc) is 2.28. The molecule has 1 atom stereocenters. The lowest BCUT2D eigenvalue weighted by Crippen LogP contribution is -2.39. The summed E-state index contributed by atoms with van der Waals surface area (Å²) in [5.74, 6) is 1.21. The third-order valence-electron chi connectivity index (χ3n) is 2.86. The molecule has 3 heteroatoms. The summed E-state index contributed by atoms with van der Waals surface area (Å²) < 4.78 is 8.39. The van der Waals surface area contributed by atoms with Gasteiger partial charge in [-0.2, -0.15) is 4.57 Å². The van der Waals surface area contributed by atoms with Gasteiger partial charge in [0.1, 0.15) is 0 Å². The van der Waals surface area contributed by atoms with Crippen LogP contribution in [0, 0.1) is 0 Å². The molecule has 1 aromatic heterocycles. The number of hydrogen-bond acceptors (Lipinski definition) is 1. The fraction of sp³-hybridized carbons (Fsp3) is 0.500. The molecule has 2 nitrogen and oxygen atoms in total. The molecule has 0 saturated carbocycles. The van der Waals surface area contributed by atoms with Crippen LogP contribution in [0.5, 0.6) is 0 Å². The van der Waals surface area contributed by atoms with E-state index in [0.717, 1.165) is 6.42 Å². The molecule has 0 amide bonds. The Morgan fingerprint density at radius 1 is 1.18 bits per heavy atom. The predicted molar refractivity (Wildman–Crippen MR) is 72.0 cm³/mol. The molecular formula is C14H22NOSi+. The van der Waals surface area contributed by atoms with Crippen LogP contribution in [0.1, 0.15) is 25.3 Å². The Morgan fingerprint density at radius 3 is 2.53 bits per heavy atom. The van der Waals surface area contributed by atoms with Crippen molar-refractivity contribution in [2.75, 3.05) is 0 Å². The number of rotatable bonds is 3. The molecule has 0 saturated heterocycles. The second-order valence-corrected chi connectivity index (χ2v) is 10.1. The molecule has 0 aromatic carbocycles. The van der Waals surface area contributed by atoms with Crippen LogP contribution in [0.4, 0.5) is 0 Å². The molecule has 0 fully saturated rings. The Balaban J connectivity index is 2.13. The highest BCUT2D eigenvalue weighted by Crippen LogP contribution is 2.26. The van der Waals surface area contributed by atoms with Gasteiger partial charge in [0.25, 0.3) is 0 Å². The normalized spacial score (nSPS) is 20.9. The summed E-state index contributed by atoms with van der Waals surface area (Å²) in [6.07, 6.45) is 10.1. The summed E-state index contributed by atoms with van der Waals surface area (Å²) in [5, 5.41) is 0. The first kappa shape index (κ1) is 12.4. The molecule has 0 N–H and O–H groups in total. The van der Waals surface area contributed by atoms with Gasteiger partial charge in [0.05, 0.1) is 5.76 Å². The zero-order chi connectivity index (χ0) is 12.3. The van der Waals surface area contributed by atoms with E-state index in [1.54, 1.807) is 0 Å². The van der Waals surface area contributed by atoms with Gasteiger partial charge in [-0.1, -0.05) is 6.07 Å². The average molecular weight is 248 g/mol. The van der Waals surface area contributed by atoms with Crippen LogP contribution in [0.15, 0.2) is 42.4 Å². The van der Waals surface area contributed by atoms with Crippen molar-refractivity contribution in [3.8, 4) is 0 Å². The summed E-state index contributed by atoms with van der Waals surface area (Å²) in [7, 11) is -1.45. The molecule has 1 aromatic rings. The van der Waals surface area contributed by atoms with Crippen LogP contribution in [-0.2, 0) is 4.43 Å². The van der Waals surface area contributed by atoms with Crippen molar-refractivity contribution >= 4 is 8.32 Å². The highest BCUT2D eigenvalue weighted by Gasteiger charge is 2.24. The number of pyridine rings is 1. The first-order chi connectivity index (χ1) is 8.04. The minimum absolute atomic E-state index is 0.469. The molecule has 1 heterocycles. The summed E-state index contributed by atoms with van der Waals surface area (Å²) in [6, 6.07) is 6.70. The quantitative estimate of drug-likeness (QED) is 0.590. The van der Waals surface area contributed by atoms with E-state index in [0.29, 0.717) is 6.04 Å². The van der Waals surface area contributed by atoms with Crippen LogP contribution in [0.25, 0.3) is 0 Å². The largest absolute Gasteiger partial charge is 0.547 e. The molecule has 1 aliphatic rings. The Hall–Kier alpha value is -1.09. The van der Waals surface area contributed by atoms with Crippen molar-refractivity contribution in [1.82, 2.24) is 0 Å². The summed E-state index contributed by atoms with van der Waals surface area (Å²) >= 11 is 0. The predicted octanol–water partition coefficient (Wildman–Crippen LogP) is 3.43. The third kappa shape index (κ3) is 3.70. The molecule has 1 unspecified atom stereocenters. The maximum atomic E-state index is 6.12. The van der Waals surface area contributed by atoms with E-state index in [9.17, 15) is 0 Å². The summed E-state index contributed by atoms with van der Waals surface area (Å²) in [4.78, 5) is 0. The van der Waals surface area contributed by atoms with Crippen molar-refractivity contribution in [3.05, 3.63) is 42.4 Å². The minimum atomic E-state index is -1.45. The fourth-order valence-electron chi connectivity index (χ4n) is 2.21. The topological polar surface area (TPSA) is 13.1 Å². The van der Waals surface area contributed by atoms with E-state index >= 15 is 0 Å². The number of allylic oxidation sites excluding steroid dienone is 2. The lowest BCUT2D eigenvalue weighted by atomic mass is 10.0. The third-order valence-corrected chi connectivity index (χ3v) is 3.73. The minimum Gasteiger partial charge on any atom is -0.547 e. The number of hydrogen-bond donors (Lipinski definition) is 0. The number of aromatic nitrogens is 1. The van der Waals surface area contributed by atoms with Gasteiger partial charge < -0.3 is 4.43 Å². The Bertz CT molecular complexity index is 394. The van der Waals surface area contributed by atoms with Gasteiger partial charge in [-0.15, -0.1) is 0 Å². The van der Waals surface area contributed by atoms with E-state index in [1.807, 2.05) is 0 Å². The van der Waals surface area contributed by atoms with Gasteiger partial charge >= 0.3 is 0 Å². The van der Waals surface area contributed by atoms with Crippen LogP contribution in [-0.4, -0.2) is 8.32 Å². The standard InChI is InChI=1S/C14H22NOSi/c1-17(2,3)16-14-9-7-8-13(12-14)15-10-5-4-6-11-15/h4-6,10-13H,7-9H2,1-3H3/q+1. The van der Waals surface area contributed by atoms with Crippen LogP contribution in [0.2, 0.25) is 19.6 Å². The van der Waals surface area contributed by atoms with Gasteiger partial charge in [0.2, 0.25) is 8.32 Å². The highest BCUT2D eigenvalue weighted by molar-refractivity contribution is 6.70. The SMILES string of the molecule is C[Si](C)(C)OC1=CC([n+]2ccccc2)CCC1. The molecule has 1 aliphatic carbocycles. The van der Waals surface area contributed by atoms with E-state index in [4.69, 9.17) is 4.43 Å². The molecule has 0 radical (unpaired) electrons. The van der Waals surface area contributed by atoms with Gasteiger partial charge in [-0.25, -0.2) is 0 Å². The van der Waals surface area contributed by atoms with Crippen LogP contribution < -0.4 is 4.57 Å². The van der Waals surface area contributed by atoms with Gasteiger partial charge in [-0.3, -0.25) is 0 Å². The lowest BCUT2D eigenvalue weighted by molar-refractivity contribution is -0.713. The van der Waals surface area contributed by atoms with Crippen molar-refractivity contribution in [1.29, 1.82) is 0 Å². The molecule has 17 heavy (non-hydrogen) atoms. The second kappa shape index (κ2) is 5.04. The maximum Gasteiger partial charge on any atom is 0.241 e. The lowest BCUT2D eigenvalue weighted by Gasteiger charge is -2.25. The Morgan fingerprint density at radius 2 is 1.88 bits per heavy atom. The molecule has 0 bridgehead atoms. The molecular weight excluding hydrogens is 226 g/mol. The summed E-state index contributed by atoms with van der Waals surface area (Å²) in [5.41, 5.74) is 0. The molecule has 92 valence electrons. The van der Waals surface area contributed by atoms with Gasteiger partial charge in [-0.05, 0) is 26.1 Å². The molecule has 0 aliphatic heterocycles. The van der Waals surface area contributed by atoms with E-state index in [1.165, 1.54) is 18.6 Å². The summed E-state index contributed by atoms with van der Waals surface area (Å²) in [6.45, 7) is 6.73. The van der Waals surface area contributed by atoms with E-state index in [-0.39, 0.29) is 0 Å². The Kier molecular flexibility index (Phi) is 3.67. The first-order valence-corrected chi connectivity index (χ1v) is 9.81. The number of nitrogens with zero attached hydrogens (tertiary/aromatic N) is 1. The van der Waals surface area contributed by atoms with E-state index < -0.39 is 8.32 Å². The Labute approximate surface area is 105 Å². The van der Waals surface area contributed by atoms with Crippen molar-refractivity contribution in [2.24, 2.45) is 0 Å². The van der Waals surface area contributed by atoms with Crippen molar-refractivity contribution in [3.63, 3.8) is 0 Å². The maximum absolute atomic E-state index is 6.12. The first-order valence-electron chi connectivity index (χ1n) is 6.40. The fourth-order valence-corrected chi connectivity index (χ4v) is 3.17. The zero-order valence-corrected chi connectivity index (χ0v) is 12.0. The highest BCUT2D eigenvalue weighted by atomic mass is 28.4. The monoisotopic (exact) mass is 248 g/mol. The molecule has 0 spiro atoms. The van der Waals surface area contributed by atoms with Crippen molar-refractivity contribution in [2.45, 2.75) is 44.9 Å². The molecule has 2 rings (SSSR count). The van der Waals surface area contributed by atoms with E-state index in [2.05, 4.69) is 60.9 Å². The van der Waals surface area contributed by atoms with Crippen LogP contribution in [0.3, 0.4) is 0 Å². The van der Waals surface area contributed by atoms with Gasteiger partial charge in [0.15, 0.2) is 18.4 Å². The smallest absolute Gasteiger partial charge is 0.241 e. The van der Waals surface area contributed by atoms with Crippen LogP contribution >= 0.6 is 0 Å². The van der Waals surface area contributed by atoms with Gasteiger partial charge in [0, 0.05) is 31.1 Å². The second-order valence-electron chi connectivity index (χ2n) is 5.63. The zero-order valence-electron chi connectivity index (χ0n) is 11.0.